The average Bonchev–Trinajstić information content (AvgIpc) is 2.50. The Hall–Kier alpha value is -1.91. The van der Waals surface area contributed by atoms with Gasteiger partial charge in [-0.2, -0.15) is 5.26 Å². The summed E-state index contributed by atoms with van der Waals surface area (Å²) < 4.78 is 21.0. The highest BCUT2D eigenvalue weighted by molar-refractivity contribution is 6.89. The Morgan fingerprint density at radius 1 is 1.00 bits per heavy atom. The van der Waals surface area contributed by atoms with Crippen molar-refractivity contribution >= 4 is 21.3 Å². The fourth-order valence-electron chi connectivity index (χ4n) is 2.97. The molecule has 0 aliphatic carbocycles. The number of nitrogens with zero attached hydrogens (tertiary/aromatic N) is 1. The standard InChI is InChI=1S/C20H26FNOSi2/c1-24(2,3)19-17(21)11-8-12-18(19)23-20(25(4,5)6)16-10-7-9-15(13-16)14-22/h7-13,20H,1-6H3. The Kier molecular flexibility index (Phi) is 5.55. The van der Waals surface area contributed by atoms with Gasteiger partial charge in [-0.1, -0.05) is 57.5 Å². The van der Waals surface area contributed by atoms with Gasteiger partial charge in [-0.15, -0.1) is 0 Å². The van der Waals surface area contributed by atoms with Gasteiger partial charge in [-0.3, -0.25) is 0 Å². The number of hydrogen-bond acceptors (Lipinski definition) is 2. The summed E-state index contributed by atoms with van der Waals surface area (Å²) in [4.78, 5) is 0. The normalized spacial score (nSPS) is 13.2. The summed E-state index contributed by atoms with van der Waals surface area (Å²) in [6.45, 7) is 13.0. The number of hydrogen-bond donors (Lipinski definition) is 0. The molecule has 1 unspecified atom stereocenters. The lowest BCUT2D eigenvalue weighted by molar-refractivity contribution is 0.277. The lowest BCUT2D eigenvalue weighted by Crippen LogP contribution is -2.43. The van der Waals surface area contributed by atoms with Crippen molar-refractivity contribution in [1.82, 2.24) is 0 Å². The van der Waals surface area contributed by atoms with Gasteiger partial charge in [0, 0.05) is 5.19 Å². The molecule has 0 heterocycles. The minimum Gasteiger partial charge on any atom is -0.490 e. The number of halogens is 1. The van der Waals surface area contributed by atoms with E-state index in [9.17, 15) is 9.65 Å². The van der Waals surface area contributed by atoms with E-state index in [2.05, 4.69) is 45.4 Å². The summed E-state index contributed by atoms with van der Waals surface area (Å²) in [5.41, 5.74) is 1.47. The van der Waals surface area contributed by atoms with Gasteiger partial charge in [0.15, 0.2) is 0 Å². The van der Waals surface area contributed by atoms with Crippen LogP contribution >= 0.6 is 0 Å². The first-order chi connectivity index (χ1) is 11.5. The molecule has 1 atom stereocenters. The summed E-state index contributed by atoms with van der Waals surface area (Å²) in [7, 11) is -3.69. The van der Waals surface area contributed by atoms with Gasteiger partial charge in [0.05, 0.1) is 27.8 Å². The molecule has 2 aromatic carbocycles. The minimum atomic E-state index is -1.90. The molecule has 0 saturated heterocycles. The highest BCUT2D eigenvalue weighted by Crippen LogP contribution is 2.31. The maximum absolute atomic E-state index is 14.5. The molecule has 5 heteroatoms. The van der Waals surface area contributed by atoms with E-state index in [1.54, 1.807) is 12.1 Å². The van der Waals surface area contributed by atoms with E-state index in [1.165, 1.54) is 6.07 Å². The third-order valence-corrected chi connectivity index (χ3v) is 8.08. The predicted molar refractivity (Wildman–Crippen MR) is 107 cm³/mol. The van der Waals surface area contributed by atoms with E-state index in [0.29, 0.717) is 11.3 Å². The second kappa shape index (κ2) is 7.14. The maximum Gasteiger partial charge on any atom is 0.126 e. The van der Waals surface area contributed by atoms with Crippen LogP contribution in [-0.4, -0.2) is 16.1 Å². The van der Waals surface area contributed by atoms with Gasteiger partial charge in [-0.25, -0.2) is 4.39 Å². The molecule has 25 heavy (non-hydrogen) atoms. The Morgan fingerprint density at radius 2 is 1.64 bits per heavy atom. The number of benzene rings is 2. The third kappa shape index (κ3) is 4.59. The topological polar surface area (TPSA) is 33.0 Å². The van der Waals surface area contributed by atoms with Crippen molar-refractivity contribution in [2.24, 2.45) is 0 Å². The van der Waals surface area contributed by atoms with E-state index in [4.69, 9.17) is 4.74 Å². The van der Waals surface area contributed by atoms with Crippen LogP contribution in [0.2, 0.25) is 39.3 Å². The van der Waals surface area contributed by atoms with E-state index in [1.807, 2.05) is 24.3 Å². The molecule has 0 spiro atoms. The van der Waals surface area contributed by atoms with Crippen molar-refractivity contribution < 1.29 is 9.13 Å². The summed E-state index contributed by atoms with van der Waals surface area (Å²) >= 11 is 0. The predicted octanol–water partition coefficient (Wildman–Crippen LogP) is 5.24. The first-order valence-corrected chi connectivity index (χ1v) is 15.6. The molecule has 2 aromatic rings. The molecular formula is C20H26FNOSi2. The molecule has 0 bridgehead atoms. The molecule has 0 fully saturated rings. The quantitative estimate of drug-likeness (QED) is 0.673. The molecule has 0 N–H and O–H groups in total. The molecular weight excluding hydrogens is 345 g/mol. The van der Waals surface area contributed by atoms with Gasteiger partial charge in [0.1, 0.15) is 17.3 Å². The molecule has 2 rings (SSSR count). The van der Waals surface area contributed by atoms with Crippen LogP contribution in [0, 0.1) is 17.1 Å². The van der Waals surface area contributed by atoms with Crippen LogP contribution in [0.3, 0.4) is 0 Å². The molecule has 0 aliphatic heterocycles. The van der Waals surface area contributed by atoms with Crippen LogP contribution in [0.25, 0.3) is 0 Å². The number of nitriles is 1. The number of ether oxygens (including phenoxy) is 1. The van der Waals surface area contributed by atoms with Gasteiger partial charge >= 0.3 is 0 Å². The Balaban J connectivity index is 2.54. The molecule has 2 nitrogen and oxygen atoms in total. The van der Waals surface area contributed by atoms with Crippen LogP contribution in [0.15, 0.2) is 42.5 Å². The highest BCUT2D eigenvalue weighted by Gasteiger charge is 2.33. The van der Waals surface area contributed by atoms with Crippen LogP contribution in [0.4, 0.5) is 4.39 Å². The second-order valence-electron chi connectivity index (χ2n) is 8.46. The molecule has 132 valence electrons. The van der Waals surface area contributed by atoms with Crippen molar-refractivity contribution in [3.05, 3.63) is 59.4 Å². The summed E-state index contributed by atoms with van der Waals surface area (Å²) in [5, 5.41) is 9.93. The van der Waals surface area contributed by atoms with E-state index in [0.717, 1.165) is 10.8 Å². The van der Waals surface area contributed by atoms with Gasteiger partial charge in [-0.05, 0) is 29.8 Å². The molecule has 0 radical (unpaired) electrons. The van der Waals surface area contributed by atoms with Crippen LogP contribution < -0.4 is 9.92 Å². The van der Waals surface area contributed by atoms with Gasteiger partial charge in [0.2, 0.25) is 0 Å². The van der Waals surface area contributed by atoms with Gasteiger partial charge in [0.25, 0.3) is 0 Å². The Bertz CT molecular complexity index is 801. The minimum absolute atomic E-state index is 0.141. The summed E-state index contributed by atoms with van der Waals surface area (Å²) in [6, 6.07) is 14.8. The third-order valence-electron chi connectivity index (χ3n) is 4.08. The molecule has 0 saturated carbocycles. The summed E-state index contributed by atoms with van der Waals surface area (Å²) in [6.07, 6.45) is 0. The van der Waals surface area contributed by atoms with Crippen molar-refractivity contribution in [2.75, 3.05) is 0 Å². The van der Waals surface area contributed by atoms with Crippen molar-refractivity contribution in [2.45, 2.75) is 45.0 Å². The Labute approximate surface area is 152 Å². The molecule has 0 aliphatic rings. The van der Waals surface area contributed by atoms with Crippen LogP contribution in [0.5, 0.6) is 5.75 Å². The fourth-order valence-corrected chi connectivity index (χ4v) is 6.31. The maximum atomic E-state index is 14.5. The Morgan fingerprint density at radius 3 is 2.20 bits per heavy atom. The van der Waals surface area contributed by atoms with Crippen molar-refractivity contribution in [3.63, 3.8) is 0 Å². The summed E-state index contributed by atoms with van der Waals surface area (Å²) in [5.74, 6) is 0.464. The number of rotatable bonds is 5. The van der Waals surface area contributed by atoms with Crippen molar-refractivity contribution in [3.8, 4) is 11.8 Å². The van der Waals surface area contributed by atoms with Gasteiger partial charge < -0.3 is 4.74 Å². The molecule has 0 aromatic heterocycles. The van der Waals surface area contributed by atoms with Crippen LogP contribution in [0.1, 0.15) is 16.9 Å². The molecule has 0 amide bonds. The monoisotopic (exact) mass is 371 g/mol. The van der Waals surface area contributed by atoms with E-state index < -0.39 is 16.1 Å². The highest BCUT2D eigenvalue weighted by atomic mass is 28.3. The SMILES string of the molecule is C[Si](C)(C)c1c(F)cccc1OC(c1cccc(C#N)c1)[Si](C)(C)C. The van der Waals surface area contributed by atoms with Crippen LogP contribution in [-0.2, 0) is 0 Å². The van der Waals surface area contributed by atoms with E-state index >= 15 is 0 Å². The zero-order valence-electron chi connectivity index (χ0n) is 15.9. The smallest absolute Gasteiger partial charge is 0.126 e. The first-order valence-electron chi connectivity index (χ1n) is 8.50. The van der Waals surface area contributed by atoms with E-state index in [-0.39, 0.29) is 11.5 Å². The zero-order chi connectivity index (χ0) is 18.8. The largest absolute Gasteiger partial charge is 0.490 e. The van der Waals surface area contributed by atoms with Crippen molar-refractivity contribution in [1.29, 1.82) is 5.26 Å². The first kappa shape index (κ1) is 19.4. The lowest BCUT2D eigenvalue weighted by atomic mass is 10.1. The zero-order valence-corrected chi connectivity index (χ0v) is 17.9. The second-order valence-corrected chi connectivity index (χ2v) is 18.7. The fraction of sp³-hybridized carbons (Fsp3) is 0.350. The lowest BCUT2D eigenvalue weighted by Gasteiger charge is -2.32. The average molecular weight is 372 g/mol.